The molecule has 0 aromatic heterocycles. The lowest BCUT2D eigenvalue weighted by atomic mass is 10.1. The molecule has 136 valence electrons. The fourth-order valence-corrected chi connectivity index (χ4v) is 2.82. The molecule has 0 fully saturated rings. The smallest absolute Gasteiger partial charge is 0.328 e. The standard InChI is InChI=1S/C19H19BrN2O4/c1-12(23)21-15-9-7-13(8-10-15)18(24)22-17(19(25)26-2)11-14-5-3-4-6-16(14)20/h3-10,17H,11H2,1-2H3,(H,21,23)(H,22,24)/t17-/m0/s1. The van der Waals surface area contributed by atoms with Gasteiger partial charge in [-0.2, -0.15) is 0 Å². The summed E-state index contributed by atoms with van der Waals surface area (Å²) < 4.78 is 5.66. The van der Waals surface area contributed by atoms with Crippen LogP contribution >= 0.6 is 15.9 Å². The Morgan fingerprint density at radius 2 is 1.73 bits per heavy atom. The summed E-state index contributed by atoms with van der Waals surface area (Å²) in [5.41, 5.74) is 1.84. The Bertz CT molecular complexity index is 805. The quantitative estimate of drug-likeness (QED) is 0.706. The van der Waals surface area contributed by atoms with E-state index in [-0.39, 0.29) is 5.91 Å². The van der Waals surface area contributed by atoms with Gasteiger partial charge in [0, 0.05) is 29.1 Å². The van der Waals surface area contributed by atoms with Crippen molar-refractivity contribution in [2.24, 2.45) is 0 Å². The zero-order valence-electron chi connectivity index (χ0n) is 14.4. The number of hydrogen-bond acceptors (Lipinski definition) is 4. The molecule has 0 saturated carbocycles. The monoisotopic (exact) mass is 418 g/mol. The number of hydrogen-bond donors (Lipinski definition) is 2. The van der Waals surface area contributed by atoms with Crippen LogP contribution < -0.4 is 10.6 Å². The van der Waals surface area contributed by atoms with Gasteiger partial charge in [-0.3, -0.25) is 9.59 Å². The van der Waals surface area contributed by atoms with Gasteiger partial charge < -0.3 is 15.4 Å². The van der Waals surface area contributed by atoms with Gasteiger partial charge in [-0.05, 0) is 35.9 Å². The summed E-state index contributed by atoms with van der Waals surface area (Å²) in [7, 11) is 1.28. The van der Waals surface area contributed by atoms with Crippen LogP contribution in [0, 0.1) is 0 Å². The molecule has 0 spiro atoms. The number of benzene rings is 2. The number of ether oxygens (including phenoxy) is 1. The Hall–Kier alpha value is -2.67. The number of esters is 1. The first-order valence-corrected chi connectivity index (χ1v) is 8.69. The number of amides is 2. The topological polar surface area (TPSA) is 84.5 Å². The van der Waals surface area contributed by atoms with Gasteiger partial charge in [-0.25, -0.2) is 4.79 Å². The number of carbonyl (C=O) groups is 3. The Labute approximate surface area is 160 Å². The van der Waals surface area contributed by atoms with Crippen molar-refractivity contribution in [3.63, 3.8) is 0 Å². The summed E-state index contributed by atoms with van der Waals surface area (Å²) in [6.07, 6.45) is 0.295. The number of anilines is 1. The molecule has 0 aliphatic rings. The van der Waals surface area contributed by atoms with E-state index in [0.717, 1.165) is 10.0 Å². The highest BCUT2D eigenvalue weighted by atomic mass is 79.9. The summed E-state index contributed by atoms with van der Waals surface area (Å²) in [5, 5.41) is 5.33. The SMILES string of the molecule is COC(=O)[C@H](Cc1ccccc1Br)NC(=O)c1ccc(NC(C)=O)cc1. The number of carbonyl (C=O) groups excluding carboxylic acids is 3. The normalized spacial score (nSPS) is 11.3. The maximum Gasteiger partial charge on any atom is 0.328 e. The second-order valence-corrected chi connectivity index (χ2v) is 6.46. The Balaban J connectivity index is 2.12. The highest BCUT2D eigenvalue weighted by Gasteiger charge is 2.23. The van der Waals surface area contributed by atoms with Crippen LogP contribution in [-0.4, -0.2) is 30.9 Å². The van der Waals surface area contributed by atoms with Gasteiger partial charge in [0.25, 0.3) is 5.91 Å². The van der Waals surface area contributed by atoms with E-state index in [4.69, 9.17) is 4.74 Å². The molecule has 0 aliphatic heterocycles. The minimum Gasteiger partial charge on any atom is -0.467 e. The summed E-state index contributed by atoms with van der Waals surface area (Å²) in [6.45, 7) is 1.41. The summed E-state index contributed by atoms with van der Waals surface area (Å²) >= 11 is 3.44. The summed E-state index contributed by atoms with van der Waals surface area (Å²) in [5.74, 6) is -1.12. The molecule has 7 heteroatoms. The number of halogens is 1. The predicted molar refractivity (Wildman–Crippen MR) is 102 cm³/mol. The van der Waals surface area contributed by atoms with Crippen LogP contribution in [-0.2, 0) is 20.7 Å². The van der Waals surface area contributed by atoms with Gasteiger partial charge in [0.05, 0.1) is 7.11 Å². The number of methoxy groups -OCH3 is 1. The van der Waals surface area contributed by atoms with Gasteiger partial charge in [0.1, 0.15) is 6.04 Å². The van der Waals surface area contributed by atoms with Crippen LogP contribution in [0.15, 0.2) is 53.0 Å². The Kier molecular flexibility index (Phi) is 6.91. The molecular weight excluding hydrogens is 400 g/mol. The van der Waals surface area contributed by atoms with E-state index in [1.54, 1.807) is 24.3 Å². The van der Waals surface area contributed by atoms with E-state index in [1.165, 1.54) is 14.0 Å². The van der Waals surface area contributed by atoms with Crippen LogP contribution in [0.3, 0.4) is 0 Å². The Morgan fingerprint density at radius 3 is 2.31 bits per heavy atom. The van der Waals surface area contributed by atoms with Crippen LogP contribution in [0.2, 0.25) is 0 Å². The predicted octanol–water partition coefficient (Wildman–Crippen LogP) is 2.92. The van der Waals surface area contributed by atoms with Gasteiger partial charge in [-0.1, -0.05) is 34.1 Å². The maximum absolute atomic E-state index is 12.5. The van der Waals surface area contributed by atoms with Crippen molar-refractivity contribution in [2.75, 3.05) is 12.4 Å². The van der Waals surface area contributed by atoms with Crippen molar-refractivity contribution < 1.29 is 19.1 Å². The van der Waals surface area contributed by atoms with Crippen LogP contribution in [0.1, 0.15) is 22.8 Å². The Morgan fingerprint density at radius 1 is 1.08 bits per heavy atom. The number of nitrogens with one attached hydrogen (secondary N) is 2. The van der Waals surface area contributed by atoms with Crippen LogP contribution in [0.5, 0.6) is 0 Å². The van der Waals surface area contributed by atoms with Crippen LogP contribution in [0.4, 0.5) is 5.69 Å². The molecule has 0 heterocycles. The van der Waals surface area contributed by atoms with E-state index in [9.17, 15) is 14.4 Å². The van der Waals surface area contributed by atoms with E-state index in [2.05, 4.69) is 26.6 Å². The van der Waals surface area contributed by atoms with E-state index >= 15 is 0 Å². The molecule has 0 saturated heterocycles. The van der Waals surface area contributed by atoms with Gasteiger partial charge in [-0.15, -0.1) is 0 Å². The minimum absolute atomic E-state index is 0.193. The first kappa shape index (κ1) is 19.7. The fourth-order valence-electron chi connectivity index (χ4n) is 2.37. The summed E-state index contributed by atoms with van der Waals surface area (Å²) in [4.78, 5) is 35.6. The van der Waals surface area contributed by atoms with Gasteiger partial charge >= 0.3 is 5.97 Å². The molecule has 26 heavy (non-hydrogen) atoms. The molecule has 2 N–H and O–H groups in total. The maximum atomic E-state index is 12.5. The summed E-state index contributed by atoms with van der Waals surface area (Å²) in [6, 6.07) is 13.0. The minimum atomic E-state index is -0.818. The lowest BCUT2D eigenvalue weighted by Crippen LogP contribution is -2.43. The fraction of sp³-hybridized carbons (Fsp3) is 0.211. The zero-order chi connectivity index (χ0) is 19.1. The third-order valence-electron chi connectivity index (χ3n) is 3.64. The second kappa shape index (κ2) is 9.15. The first-order chi connectivity index (χ1) is 12.4. The highest BCUT2D eigenvalue weighted by molar-refractivity contribution is 9.10. The average molecular weight is 419 g/mol. The van der Waals surface area contributed by atoms with Gasteiger partial charge in [0.15, 0.2) is 0 Å². The van der Waals surface area contributed by atoms with E-state index in [1.807, 2.05) is 24.3 Å². The lowest BCUT2D eigenvalue weighted by Gasteiger charge is -2.17. The molecule has 0 unspecified atom stereocenters. The van der Waals surface area contributed by atoms with Crippen molar-refractivity contribution in [3.05, 3.63) is 64.1 Å². The van der Waals surface area contributed by atoms with Crippen molar-refractivity contribution in [2.45, 2.75) is 19.4 Å². The van der Waals surface area contributed by atoms with E-state index < -0.39 is 17.9 Å². The third kappa shape index (κ3) is 5.42. The molecule has 2 aromatic carbocycles. The molecule has 0 aliphatic carbocycles. The van der Waals surface area contributed by atoms with E-state index in [0.29, 0.717) is 17.7 Å². The first-order valence-electron chi connectivity index (χ1n) is 7.90. The van der Waals surface area contributed by atoms with Crippen molar-refractivity contribution in [1.29, 1.82) is 0 Å². The molecule has 0 radical (unpaired) electrons. The second-order valence-electron chi connectivity index (χ2n) is 5.60. The lowest BCUT2D eigenvalue weighted by molar-refractivity contribution is -0.142. The largest absolute Gasteiger partial charge is 0.467 e. The molecule has 0 bridgehead atoms. The highest BCUT2D eigenvalue weighted by Crippen LogP contribution is 2.18. The molecule has 2 aromatic rings. The molecular formula is C19H19BrN2O4. The van der Waals surface area contributed by atoms with Gasteiger partial charge in [0.2, 0.25) is 5.91 Å². The van der Waals surface area contributed by atoms with Crippen molar-refractivity contribution >= 4 is 39.4 Å². The molecule has 2 rings (SSSR count). The van der Waals surface area contributed by atoms with Crippen LogP contribution in [0.25, 0.3) is 0 Å². The molecule has 2 amide bonds. The van der Waals surface area contributed by atoms with Crippen molar-refractivity contribution in [3.8, 4) is 0 Å². The number of rotatable bonds is 6. The average Bonchev–Trinajstić information content (AvgIpc) is 2.62. The molecule has 6 nitrogen and oxygen atoms in total. The third-order valence-corrected chi connectivity index (χ3v) is 4.41. The zero-order valence-corrected chi connectivity index (χ0v) is 16.0. The molecule has 1 atom stereocenters. The van der Waals surface area contributed by atoms with Crippen molar-refractivity contribution in [1.82, 2.24) is 5.32 Å².